The number of hydrogen-bond acceptors (Lipinski definition) is 4. The Balaban J connectivity index is 1.89. The average molecular weight is 303 g/mol. The predicted molar refractivity (Wildman–Crippen MR) is 80.3 cm³/mol. The van der Waals surface area contributed by atoms with Crippen LogP contribution in [0.2, 0.25) is 0 Å². The minimum Gasteiger partial charge on any atom is -0.380 e. The molecule has 2 aromatic rings. The van der Waals surface area contributed by atoms with Gasteiger partial charge in [-0.15, -0.1) is 0 Å². The molecule has 3 rings (SSSR count). The highest BCUT2D eigenvalue weighted by Gasteiger charge is 2.33. The Morgan fingerprint density at radius 2 is 2.27 bits per heavy atom. The summed E-state index contributed by atoms with van der Waals surface area (Å²) < 4.78 is 9.22. The normalized spacial score (nSPS) is 17.6. The summed E-state index contributed by atoms with van der Waals surface area (Å²) in [7, 11) is 3.77. The van der Waals surface area contributed by atoms with Crippen LogP contribution in [0.3, 0.4) is 0 Å². The van der Waals surface area contributed by atoms with Gasteiger partial charge < -0.3 is 14.2 Å². The van der Waals surface area contributed by atoms with Crippen molar-refractivity contribution in [2.24, 2.45) is 14.1 Å². The van der Waals surface area contributed by atoms with E-state index in [0.717, 1.165) is 12.1 Å². The van der Waals surface area contributed by atoms with E-state index in [9.17, 15) is 4.79 Å². The lowest BCUT2D eigenvalue weighted by atomic mass is 10.0. The topological polar surface area (TPSA) is 65.2 Å². The molecular weight excluding hydrogens is 282 g/mol. The van der Waals surface area contributed by atoms with Crippen LogP contribution in [0, 0.1) is 0 Å². The number of aryl methyl sites for hydroxylation is 2. The number of ether oxygens (including phenoxy) is 1. The summed E-state index contributed by atoms with van der Waals surface area (Å²) in [6.45, 7) is 3.65. The Hall–Kier alpha value is -2.15. The Morgan fingerprint density at radius 1 is 1.45 bits per heavy atom. The zero-order valence-corrected chi connectivity index (χ0v) is 13.2. The van der Waals surface area contributed by atoms with Crippen LogP contribution in [-0.2, 0) is 31.8 Å². The van der Waals surface area contributed by atoms with Gasteiger partial charge in [-0.3, -0.25) is 9.48 Å². The number of imidazole rings is 1. The summed E-state index contributed by atoms with van der Waals surface area (Å²) in [5.41, 5.74) is 2.73. The molecule has 0 fully saturated rings. The van der Waals surface area contributed by atoms with Crippen LogP contribution in [-0.4, -0.2) is 49.4 Å². The fourth-order valence-corrected chi connectivity index (χ4v) is 2.89. The van der Waals surface area contributed by atoms with Gasteiger partial charge in [0.1, 0.15) is 5.69 Å². The Labute approximate surface area is 129 Å². The molecule has 0 saturated carbocycles. The molecule has 0 radical (unpaired) electrons. The van der Waals surface area contributed by atoms with E-state index in [1.54, 1.807) is 30.3 Å². The van der Waals surface area contributed by atoms with Gasteiger partial charge in [-0.1, -0.05) is 0 Å². The summed E-state index contributed by atoms with van der Waals surface area (Å²) >= 11 is 0. The smallest absolute Gasteiger partial charge is 0.272 e. The van der Waals surface area contributed by atoms with Crippen molar-refractivity contribution in [2.75, 3.05) is 13.2 Å². The zero-order valence-electron chi connectivity index (χ0n) is 13.2. The van der Waals surface area contributed by atoms with Gasteiger partial charge in [-0.25, -0.2) is 4.98 Å². The molecule has 7 heteroatoms. The number of hydrogen-bond donors (Lipinski definition) is 0. The van der Waals surface area contributed by atoms with Gasteiger partial charge >= 0.3 is 0 Å². The summed E-state index contributed by atoms with van der Waals surface area (Å²) in [6.07, 6.45) is 4.21. The van der Waals surface area contributed by atoms with Crippen molar-refractivity contribution in [1.29, 1.82) is 0 Å². The first-order valence-corrected chi connectivity index (χ1v) is 7.47. The lowest BCUT2D eigenvalue weighted by Crippen LogP contribution is -2.47. The molecule has 0 saturated heterocycles. The second kappa shape index (κ2) is 5.92. The highest BCUT2D eigenvalue weighted by molar-refractivity contribution is 5.92. The fraction of sp³-hybridized carbons (Fsp3) is 0.533. The molecule has 0 N–H and O–H groups in total. The van der Waals surface area contributed by atoms with Crippen LogP contribution in [0.25, 0.3) is 0 Å². The third-order valence-electron chi connectivity index (χ3n) is 4.15. The molecule has 0 aromatic carbocycles. The van der Waals surface area contributed by atoms with E-state index >= 15 is 0 Å². The quantitative estimate of drug-likeness (QED) is 0.836. The number of rotatable bonds is 4. The van der Waals surface area contributed by atoms with E-state index < -0.39 is 0 Å². The first-order chi connectivity index (χ1) is 10.6. The van der Waals surface area contributed by atoms with Crippen molar-refractivity contribution in [3.05, 3.63) is 35.7 Å². The fourth-order valence-electron chi connectivity index (χ4n) is 2.89. The monoisotopic (exact) mass is 303 g/mol. The average Bonchev–Trinajstić information content (AvgIpc) is 3.10. The summed E-state index contributed by atoms with van der Waals surface area (Å²) in [5.74, 6) is -0.0268. The molecule has 1 aliphatic heterocycles. The molecule has 0 aliphatic carbocycles. The van der Waals surface area contributed by atoms with Gasteiger partial charge in [-0.05, 0) is 13.0 Å². The minimum absolute atomic E-state index is 0.0188. The molecule has 0 unspecified atom stereocenters. The maximum Gasteiger partial charge on any atom is 0.272 e. The number of carbonyl (C=O) groups excluding carboxylic acids is 1. The minimum atomic E-state index is -0.0268. The third kappa shape index (κ3) is 2.52. The number of carbonyl (C=O) groups is 1. The molecule has 22 heavy (non-hydrogen) atoms. The molecule has 1 aliphatic rings. The van der Waals surface area contributed by atoms with Gasteiger partial charge in [0.25, 0.3) is 5.91 Å². The van der Waals surface area contributed by atoms with Crippen molar-refractivity contribution < 1.29 is 9.53 Å². The van der Waals surface area contributed by atoms with Crippen LogP contribution >= 0.6 is 0 Å². The molecule has 0 spiro atoms. The van der Waals surface area contributed by atoms with Crippen molar-refractivity contribution in [1.82, 2.24) is 24.2 Å². The van der Waals surface area contributed by atoms with E-state index in [1.165, 1.54) is 5.69 Å². The number of aromatic nitrogens is 4. The molecule has 0 bridgehead atoms. The van der Waals surface area contributed by atoms with Crippen molar-refractivity contribution >= 4 is 5.91 Å². The van der Waals surface area contributed by atoms with Crippen molar-refractivity contribution in [2.45, 2.75) is 25.9 Å². The third-order valence-corrected chi connectivity index (χ3v) is 4.15. The van der Waals surface area contributed by atoms with Gasteiger partial charge in [0.15, 0.2) is 0 Å². The van der Waals surface area contributed by atoms with E-state index in [1.807, 2.05) is 23.4 Å². The van der Waals surface area contributed by atoms with E-state index in [4.69, 9.17) is 4.74 Å². The molecule has 1 amide bonds. The lowest BCUT2D eigenvalue weighted by molar-refractivity contribution is 0.0378. The zero-order chi connectivity index (χ0) is 15.7. The highest BCUT2D eigenvalue weighted by Crippen LogP contribution is 2.24. The summed E-state index contributed by atoms with van der Waals surface area (Å²) in [4.78, 5) is 19.1. The van der Waals surface area contributed by atoms with Gasteiger partial charge in [0.2, 0.25) is 0 Å². The summed E-state index contributed by atoms with van der Waals surface area (Å²) in [6, 6.07) is 1.76. The van der Waals surface area contributed by atoms with Gasteiger partial charge in [0, 0.05) is 39.0 Å². The molecule has 118 valence electrons. The molecule has 1 atom stereocenters. The highest BCUT2D eigenvalue weighted by atomic mass is 16.5. The predicted octanol–water partition coefficient (Wildman–Crippen LogP) is 0.757. The first kappa shape index (κ1) is 14.8. The largest absolute Gasteiger partial charge is 0.380 e. The van der Waals surface area contributed by atoms with Crippen LogP contribution in [0.4, 0.5) is 0 Å². The van der Waals surface area contributed by atoms with E-state index in [2.05, 4.69) is 10.1 Å². The van der Waals surface area contributed by atoms with Crippen LogP contribution < -0.4 is 0 Å². The Morgan fingerprint density at radius 3 is 2.95 bits per heavy atom. The van der Waals surface area contributed by atoms with Crippen molar-refractivity contribution in [3.8, 4) is 0 Å². The number of nitrogens with zero attached hydrogens (tertiary/aromatic N) is 5. The summed E-state index contributed by atoms with van der Waals surface area (Å²) in [5, 5.41) is 4.09. The van der Waals surface area contributed by atoms with Crippen LogP contribution in [0.5, 0.6) is 0 Å². The molecule has 3 heterocycles. The first-order valence-electron chi connectivity index (χ1n) is 7.47. The van der Waals surface area contributed by atoms with Crippen LogP contribution in [0.1, 0.15) is 28.8 Å². The van der Waals surface area contributed by atoms with Crippen LogP contribution in [0.15, 0.2) is 18.6 Å². The SMILES string of the molecule is CCOC[C@@H]1Cc2c(ncn2C)CN1C(=O)c1ccnn1C. The van der Waals surface area contributed by atoms with Gasteiger partial charge in [-0.2, -0.15) is 5.10 Å². The second-order valence-electron chi connectivity index (χ2n) is 5.54. The van der Waals surface area contributed by atoms with E-state index in [-0.39, 0.29) is 11.9 Å². The lowest BCUT2D eigenvalue weighted by Gasteiger charge is -2.35. The van der Waals surface area contributed by atoms with Crippen molar-refractivity contribution in [3.63, 3.8) is 0 Å². The Bertz CT molecular complexity index is 675. The second-order valence-corrected chi connectivity index (χ2v) is 5.54. The molecule has 2 aromatic heterocycles. The molecular formula is C15H21N5O2. The maximum absolute atomic E-state index is 12.8. The number of amides is 1. The molecule has 7 nitrogen and oxygen atoms in total. The standard InChI is InChI=1S/C15H21N5O2/c1-4-22-9-11-7-14-12(16-10-18(14)2)8-20(11)15(21)13-5-6-17-19(13)3/h5-6,10-11H,4,7-9H2,1-3H3/t11-/m0/s1. The van der Waals surface area contributed by atoms with Gasteiger partial charge in [0.05, 0.1) is 31.2 Å². The van der Waals surface area contributed by atoms with E-state index in [0.29, 0.717) is 25.5 Å². The number of fused-ring (bicyclic) bond motifs is 1. The Kier molecular flexibility index (Phi) is 3.98. The maximum atomic E-state index is 12.8.